The number of nitrogens with one attached hydrogen (secondary N) is 2. The molecule has 2 N–H and O–H groups in total. The summed E-state index contributed by atoms with van der Waals surface area (Å²) in [5, 5.41) is 3.04. The highest BCUT2D eigenvalue weighted by molar-refractivity contribution is 7.92. The van der Waals surface area contributed by atoms with E-state index in [4.69, 9.17) is 11.6 Å². The Morgan fingerprint density at radius 1 is 1.12 bits per heavy atom. The summed E-state index contributed by atoms with van der Waals surface area (Å²) in [5.41, 5.74) is 1.49. The summed E-state index contributed by atoms with van der Waals surface area (Å²) in [6.07, 6.45) is 1.83. The zero-order valence-electron chi connectivity index (χ0n) is 14.2. The summed E-state index contributed by atoms with van der Waals surface area (Å²) in [6, 6.07) is 11.0. The number of amides is 1. The summed E-state index contributed by atoms with van der Waals surface area (Å²) < 4.78 is 27.4. The van der Waals surface area contributed by atoms with Gasteiger partial charge in [0, 0.05) is 12.2 Å². The van der Waals surface area contributed by atoms with Crippen molar-refractivity contribution in [2.45, 2.75) is 31.6 Å². The van der Waals surface area contributed by atoms with Gasteiger partial charge in [-0.3, -0.25) is 9.52 Å². The summed E-state index contributed by atoms with van der Waals surface area (Å²) in [7, 11) is -3.73. The Balaban J connectivity index is 2.21. The molecule has 7 heteroatoms. The van der Waals surface area contributed by atoms with Crippen LogP contribution in [-0.4, -0.2) is 20.9 Å². The molecule has 0 saturated heterocycles. The van der Waals surface area contributed by atoms with Gasteiger partial charge >= 0.3 is 0 Å². The fraction of sp³-hybridized carbons (Fsp3) is 0.278. The maximum absolute atomic E-state index is 12.4. The van der Waals surface area contributed by atoms with Crippen molar-refractivity contribution in [1.29, 1.82) is 0 Å². The first-order chi connectivity index (χ1) is 11.8. The number of aryl methyl sites for hydroxylation is 1. The summed E-state index contributed by atoms with van der Waals surface area (Å²) >= 11 is 6.07. The van der Waals surface area contributed by atoms with E-state index in [2.05, 4.69) is 10.0 Å². The van der Waals surface area contributed by atoms with Crippen LogP contribution in [0.25, 0.3) is 0 Å². The third kappa shape index (κ3) is 5.21. The molecule has 0 unspecified atom stereocenters. The van der Waals surface area contributed by atoms with Gasteiger partial charge in [-0.1, -0.05) is 42.6 Å². The van der Waals surface area contributed by atoms with Gasteiger partial charge in [0.05, 0.1) is 15.5 Å². The standard InChI is InChI=1S/C18H21ClN2O3S/c1-3-4-11-20-18(22)16-12-14(7-10-17(16)19)21-25(23,24)15-8-5-13(2)6-9-15/h5-10,12,21H,3-4,11H2,1-2H3,(H,20,22). The van der Waals surface area contributed by atoms with Crippen molar-refractivity contribution in [3.63, 3.8) is 0 Å². The van der Waals surface area contributed by atoms with E-state index in [1.165, 1.54) is 30.3 Å². The molecule has 0 aromatic heterocycles. The predicted molar refractivity (Wildman–Crippen MR) is 101 cm³/mol. The second-order valence-electron chi connectivity index (χ2n) is 5.72. The second kappa shape index (κ2) is 8.36. The van der Waals surface area contributed by atoms with Crippen molar-refractivity contribution in [3.8, 4) is 0 Å². The number of carbonyl (C=O) groups is 1. The van der Waals surface area contributed by atoms with E-state index in [-0.39, 0.29) is 27.1 Å². The Morgan fingerprint density at radius 3 is 2.44 bits per heavy atom. The van der Waals surface area contributed by atoms with Crippen LogP contribution in [0.15, 0.2) is 47.4 Å². The molecule has 0 fully saturated rings. The van der Waals surface area contributed by atoms with Crippen LogP contribution in [0, 0.1) is 6.92 Å². The van der Waals surface area contributed by atoms with Crippen LogP contribution in [0.2, 0.25) is 5.02 Å². The molecule has 0 saturated carbocycles. The molecule has 2 aromatic carbocycles. The van der Waals surface area contributed by atoms with Gasteiger partial charge in [0.15, 0.2) is 0 Å². The van der Waals surface area contributed by atoms with E-state index in [1.54, 1.807) is 12.1 Å². The smallest absolute Gasteiger partial charge is 0.261 e. The highest BCUT2D eigenvalue weighted by Gasteiger charge is 2.16. The zero-order valence-corrected chi connectivity index (χ0v) is 15.7. The Labute approximate surface area is 153 Å². The predicted octanol–water partition coefficient (Wildman–Crippen LogP) is 3.98. The van der Waals surface area contributed by atoms with Crippen LogP contribution in [0.5, 0.6) is 0 Å². The number of anilines is 1. The molecule has 0 radical (unpaired) electrons. The molecule has 1 amide bonds. The molecule has 0 aliphatic rings. The lowest BCUT2D eigenvalue weighted by Gasteiger charge is -2.11. The van der Waals surface area contributed by atoms with Gasteiger partial charge in [-0.05, 0) is 43.7 Å². The molecule has 134 valence electrons. The molecule has 0 heterocycles. The minimum Gasteiger partial charge on any atom is -0.352 e. The number of benzene rings is 2. The van der Waals surface area contributed by atoms with E-state index in [0.29, 0.717) is 6.54 Å². The first-order valence-corrected chi connectivity index (χ1v) is 9.87. The molecule has 2 aromatic rings. The minimum absolute atomic E-state index is 0.155. The van der Waals surface area contributed by atoms with Gasteiger partial charge in [0.25, 0.3) is 15.9 Å². The van der Waals surface area contributed by atoms with E-state index < -0.39 is 10.0 Å². The minimum atomic E-state index is -3.73. The number of unbranched alkanes of at least 4 members (excludes halogenated alkanes) is 1. The van der Waals surface area contributed by atoms with Crippen molar-refractivity contribution < 1.29 is 13.2 Å². The summed E-state index contributed by atoms with van der Waals surface area (Å²) in [5.74, 6) is -0.324. The molecular weight excluding hydrogens is 360 g/mol. The van der Waals surface area contributed by atoms with Crippen LogP contribution >= 0.6 is 11.6 Å². The first-order valence-electron chi connectivity index (χ1n) is 8.00. The summed E-state index contributed by atoms with van der Waals surface area (Å²) in [6.45, 7) is 4.46. The molecular formula is C18H21ClN2O3S. The third-order valence-electron chi connectivity index (χ3n) is 3.61. The molecule has 5 nitrogen and oxygen atoms in total. The topological polar surface area (TPSA) is 75.3 Å². The molecule has 25 heavy (non-hydrogen) atoms. The van der Waals surface area contributed by atoms with Crippen LogP contribution in [-0.2, 0) is 10.0 Å². The largest absolute Gasteiger partial charge is 0.352 e. The third-order valence-corrected chi connectivity index (χ3v) is 5.34. The molecule has 0 bridgehead atoms. The van der Waals surface area contributed by atoms with E-state index in [0.717, 1.165) is 18.4 Å². The number of sulfonamides is 1. The van der Waals surface area contributed by atoms with Crippen LogP contribution in [0.4, 0.5) is 5.69 Å². The molecule has 0 spiro atoms. The Bertz CT molecular complexity index is 849. The fourth-order valence-corrected chi connectivity index (χ4v) is 3.42. The number of hydrogen-bond acceptors (Lipinski definition) is 3. The van der Waals surface area contributed by atoms with Gasteiger partial charge in [-0.25, -0.2) is 8.42 Å². The lowest BCUT2D eigenvalue weighted by Crippen LogP contribution is -2.25. The Morgan fingerprint density at radius 2 is 1.80 bits per heavy atom. The Kier molecular flexibility index (Phi) is 6.45. The summed E-state index contributed by atoms with van der Waals surface area (Å²) in [4.78, 5) is 12.3. The van der Waals surface area contributed by atoms with Gasteiger partial charge < -0.3 is 5.32 Å². The SMILES string of the molecule is CCCCNC(=O)c1cc(NS(=O)(=O)c2ccc(C)cc2)ccc1Cl. The highest BCUT2D eigenvalue weighted by Crippen LogP contribution is 2.23. The van der Waals surface area contributed by atoms with Gasteiger partial charge in [0.1, 0.15) is 0 Å². The quantitative estimate of drug-likeness (QED) is 0.713. The van der Waals surface area contributed by atoms with Crippen molar-refractivity contribution in [1.82, 2.24) is 5.32 Å². The number of hydrogen-bond donors (Lipinski definition) is 2. The fourth-order valence-electron chi connectivity index (χ4n) is 2.17. The van der Waals surface area contributed by atoms with E-state index in [1.807, 2.05) is 13.8 Å². The average Bonchev–Trinajstić information content (AvgIpc) is 2.57. The van der Waals surface area contributed by atoms with E-state index >= 15 is 0 Å². The van der Waals surface area contributed by atoms with Crippen LogP contribution in [0.1, 0.15) is 35.7 Å². The monoisotopic (exact) mass is 380 g/mol. The van der Waals surface area contributed by atoms with Gasteiger partial charge in [-0.2, -0.15) is 0 Å². The van der Waals surface area contributed by atoms with Crippen LogP contribution in [0.3, 0.4) is 0 Å². The maximum Gasteiger partial charge on any atom is 0.261 e. The lowest BCUT2D eigenvalue weighted by molar-refractivity contribution is 0.0953. The van der Waals surface area contributed by atoms with E-state index in [9.17, 15) is 13.2 Å². The van der Waals surface area contributed by atoms with Crippen molar-refractivity contribution in [2.24, 2.45) is 0 Å². The first kappa shape index (κ1) is 19.3. The molecule has 0 aliphatic heterocycles. The normalized spacial score (nSPS) is 11.2. The number of rotatable bonds is 7. The van der Waals surface area contributed by atoms with Crippen molar-refractivity contribution >= 4 is 33.2 Å². The molecule has 0 atom stereocenters. The zero-order chi connectivity index (χ0) is 18.4. The molecule has 2 rings (SSSR count). The van der Waals surface area contributed by atoms with Crippen LogP contribution < -0.4 is 10.0 Å². The molecule has 0 aliphatic carbocycles. The van der Waals surface area contributed by atoms with Gasteiger partial charge in [0.2, 0.25) is 0 Å². The Hall–Kier alpha value is -2.05. The van der Waals surface area contributed by atoms with Crippen molar-refractivity contribution in [2.75, 3.05) is 11.3 Å². The number of carbonyl (C=O) groups excluding carboxylic acids is 1. The second-order valence-corrected chi connectivity index (χ2v) is 7.81. The average molecular weight is 381 g/mol. The van der Waals surface area contributed by atoms with Crippen molar-refractivity contribution in [3.05, 3.63) is 58.6 Å². The number of halogens is 1. The maximum atomic E-state index is 12.4. The highest BCUT2D eigenvalue weighted by atomic mass is 35.5. The van der Waals surface area contributed by atoms with Gasteiger partial charge in [-0.15, -0.1) is 0 Å². The lowest BCUT2D eigenvalue weighted by atomic mass is 10.2.